The summed E-state index contributed by atoms with van der Waals surface area (Å²) in [7, 11) is 3.90. The van der Waals surface area contributed by atoms with E-state index in [0.29, 0.717) is 13.1 Å². The van der Waals surface area contributed by atoms with E-state index in [9.17, 15) is 4.79 Å². The van der Waals surface area contributed by atoms with Crippen molar-refractivity contribution in [1.82, 2.24) is 20.3 Å². The highest BCUT2D eigenvalue weighted by molar-refractivity contribution is 5.79. The maximum Gasteiger partial charge on any atom is 0.225 e. The van der Waals surface area contributed by atoms with Crippen LogP contribution in [0.5, 0.6) is 0 Å². The van der Waals surface area contributed by atoms with Gasteiger partial charge in [-0.1, -0.05) is 6.07 Å². The Hall–Kier alpha value is -2.70. The molecule has 1 aliphatic rings. The molecule has 7 nitrogen and oxygen atoms in total. The molecule has 0 saturated carbocycles. The Kier molecular flexibility index (Phi) is 5.42. The van der Waals surface area contributed by atoms with Gasteiger partial charge in [0.05, 0.1) is 24.4 Å². The second-order valence-electron chi connectivity index (χ2n) is 6.45. The molecule has 132 valence electrons. The summed E-state index contributed by atoms with van der Waals surface area (Å²) in [5.41, 5.74) is 0.862. The van der Waals surface area contributed by atoms with Crippen LogP contribution in [0.1, 0.15) is 18.5 Å². The van der Waals surface area contributed by atoms with Gasteiger partial charge < -0.3 is 15.1 Å². The molecule has 1 saturated heterocycles. The largest absolute Gasteiger partial charge is 0.363 e. The number of carbonyl (C=O) groups is 1. The highest BCUT2D eigenvalue weighted by Gasteiger charge is 2.26. The molecule has 0 aromatic carbocycles. The molecular formula is C18H24N6O. The Morgan fingerprint density at radius 1 is 1.36 bits per heavy atom. The van der Waals surface area contributed by atoms with Crippen molar-refractivity contribution in [1.29, 1.82) is 0 Å². The molecule has 0 radical (unpaired) electrons. The third-order valence-corrected chi connectivity index (χ3v) is 4.36. The van der Waals surface area contributed by atoms with Gasteiger partial charge >= 0.3 is 0 Å². The zero-order chi connectivity index (χ0) is 17.6. The zero-order valence-corrected chi connectivity index (χ0v) is 14.7. The lowest BCUT2D eigenvalue weighted by Gasteiger charge is -2.32. The first-order valence-corrected chi connectivity index (χ1v) is 8.55. The van der Waals surface area contributed by atoms with Gasteiger partial charge in [-0.15, -0.1) is 0 Å². The van der Waals surface area contributed by atoms with E-state index in [2.05, 4.69) is 25.2 Å². The lowest BCUT2D eigenvalue weighted by atomic mass is 9.97. The van der Waals surface area contributed by atoms with Crippen molar-refractivity contribution >= 4 is 17.5 Å². The minimum Gasteiger partial charge on any atom is -0.363 e. The van der Waals surface area contributed by atoms with E-state index in [-0.39, 0.29) is 11.8 Å². The van der Waals surface area contributed by atoms with Gasteiger partial charge in [0.25, 0.3) is 0 Å². The first-order valence-electron chi connectivity index (χ1n) is 8.55. The predicted molar refractivity (Wildman–Crippen MR) is 97.4 cm³/mol. The number of anilines is 2. The highest BCUT2D eigenvalue weighted by atomic mass is 16.1. The van der Waals surface area contributed by atoms with Crippen LogP contribution in [0.4, 0.5) is 11.6 Å². The summed E-state index contributed by atoms with van der Waals surface area (Å²) < 4.78 is 0. The summed E-state index contributed by atoms with van der Waals surface area (Å²) in [6.07, 6.45) is 6.96. The van der Waals surface area contributed by atoms with Crippen molar-refractivity contribution < 1.29 is 4.79 Å². The normalized spacial score (nSPS) is 17.2. The molecule has 1 fully saturated rings. The lowest BCUT2D eigenvalue weighted by Crippen LogP contribution is -2.43. The van der Waals surface area contributed by atoms with Crippen LogP contribution in [-0.4, -0.2) is 48.0 Å². The van der Waals surface area contributed by atoms with Gasteiger partial charge in [-0.05, 0) is 25.0 Å². The standard InChI is InChI=1S/C18H24N6O/c1-23(2)16-7-3-6-15(22-16)11-21-18(25)14-5-4-10-24(13-14)17-12-19-8-9-20-17/h3,6-9,12,14H,4-5,10-11,13H2,1-2H3,(H,21,25)/t14-/m0/s1. The Balaban J connectivity index is 1.57. The van der Waals surface area contributed by atoms with Crippen LogP contribution in [0.25, 0.3) is 0 Å². The van der Waals surface area contributed by atoms with Crippen LogP contribution < -0.4 is 15.1 Å². The van der Waals surface area contributed by atoms with E-state index in [1.807, 2.05) is 37.2 Å². The fourth-order valence-electron chi connectivity index (χ4n) is 2.99. The van der Waals surface area contributed by atoms with Gasteiger partial charge in [-0.25, -0.2) is 9.97 Å². The molecule has 0 unspecified atom stereocenters. The predicted octanol–water partition coefficient (Wildman–Crippen LogP) is 1.47. The summed E-state index contributed by atoms with van der Waals surface area (Å²) in [6.45, 7) is 2.03. The van der Waals surface area contributed by atoms with Gasteiger partial charge in [0.15, 0.2) is 0 Å². The summed E-state index contributed by atoms with van der Waals surface area (Å²) in [6, 6.07) is 5.84. The number of aromatic nitrogens is 3. The Morgan fingerprint density at radius 3 is 3.00 bits per heavy atom. The molecule has 1 aliphatic heterocycles. The van der Waals surface area contributed by atoms with Gasteiger partial charge in [0.2, 0.25) is 5.91 Å². The number of carbonyl (C=O) groups excluding carboxylic acids is 1. The molecule has 25 heavy (non-hydrogen) atoms. The molecule has 3 heterocycles. The maximum atomic E-state index is 12.6. The number of piperidine rings is 1. The second-order valence-corrected chi connectivity index (χ2v) is 6.45. The number of hydrogen-bond donors (Lipinski definition) is 1. The van der Waals surface area contributed by atoms with Crippen molar-refractivity contribution in [3.8, 4) is 0 Å². The van der Waals surface area contributed by atoms with E-state index in [1.165, 1.54) is 0 Å². The molecule has 1 atom stereocenters. The highest BCUT2D eigenvalue weighted by Crippen LogP contribution is 2.21. The number of pyridine rings is 1. The Bertz CT molecular complexity index is 706. The van der Waals surface area contributed by atoms with E-state index >= 15 is 0 Å². The smallest absolute Gasteiger partial charge is 0.225 e. The van der Waals surface area contributed by atoms with Crippen LogP contribution in [0.3, 0.4) is 0 Å². The van der Waals surface area contributed by atoms with Crippen molar-refractivity contribution in [2.24, 2.45) is 5.92 Å². The maximum absolute atomic E-state index is 12.6. The number of nitrogens with zero attached hydrogens (tertiary/aromatic N) is 5. The first kappa shape index (κ1) is 17.1. The molecule has 0 aliphatic carbocycles. The van der Waals surface area contributed by atoms with Crippen LogP contribution in [-0.2, 0) is 11.3 Å². The molecule has 0 bridgehead atoms. The van der Waals surface area contributed by atoms with E-state index in [4.69, 9.17) is 0 Å². The third-order valence-electron chi connectivity index (χ3n) is 4.36. The average Bonchev–Trinajstić information content (AvgIpc) is 2.67. The molecule has 0 spiro atoms. The lowest BCUT2D eigenvalue weighted by molar-refractivity contribution is -0.125. The fraction of sp³-hybridized carbons (Fsp3) is 0.444. The molecule has 1 N–H and O–H groups in total. The summed E-state index contributed by atoms with van der Waals surface area (Å²) >= 11 is 0. The van der Waals surface area contributed by atoms with Crippen molar-refractivity contribution in [3.63, 3.8) is 0 Å². The van der Waals surface area contributed by atoms with Crippen LogP contribution >= 0.6 is 0 Å². The number of nitrogens with one attached hydrogen (secondary N) is 1. The fourth-order valence-corrected chi connectivity index (χ4v) is 2.99. The van der Waals surface area contributed by atoms with E-state index < -0.39 is 0 Å². The number of rotatable bonds is 5. The number of amides is 1. The minimum atomic E-state index is -0.0345. The Morgan fingerprint density at radius 2 is 2.24 bits per heavy atom. The topological polar surface area (TPSA) is 74.2 Å². The first-order chi connectivity index (χ1) is 12.1. The van der Waals surface area contributed by atoms with E-state index in [0.717, 1.165) is 36.7 Å². The summed E-state index contributed by atoms with van der Waals surface area (Å²) in [5, 5.41) is 3.02. The molecule has 2 aromatic heterocycles. The summed E-state index contributed by atoms with van der Waals surface area (Å²) in [5.74, 6) is 1.76. The minimum absolute atomic E-state index is 0.0345. The molecule has 7 heteroatoms. The third kappa shape index (κ3) is 4.43. The van der Waals surface area contributed by atoms with Gasteiger partial charge in [-0.2, -0.15) is 0 Å². The number of hydrogen-bond acceptors (Lipinski definition) is 6. The molecular weight excluding hydrogens is 316 g/mol. The molecule has 3 rings (SSSR count). The van der Waals surface area contributed by atoms with Crippen molar-refractivity contribution in [2.45, 2.75) is 19.4 Å². The SMILES string of the molecule is CN(C)c1cccc(CNC(=O)[C@H]2CCCN(c3cnccn3)C2)n1. The van der Waals surface area contributed by atoms with Crippen molar-refractivity contribution in [2.75, 3.05) is 37.0 Å². The van der Waals surface area contributed by atoms with Gasteiger partial charge in [0.1, 0.15) is 11.6 Å². The zero-order valence-electron chi connectivity index (χ0n) is 14.7. The van der Waals surface area contributed by atoms with Crippen LogP contribution in [0.2, 0.25) is 0 Å². The average molecular weight is 340 g/mol. The Labute approximate surface area is 148 Å². The molecule has 1 amide bonds. The van der Waals surface area contributed by atoms with Crippen molar-refractivity contribution in [3.05, 3.63) is 42.5 Å². The van der Waals surface area contributed by atoms with Gasteiger partial charge in [-0.3, -0.25) is 9.78 Å². The quantitative estimate of drug-likeness (QED) is 0.888. The molecule has 2 aromatic rings. The van der Waals surface area contributed by atoms with Crippen LogP contribution in [0.15, 0.2) is 36.8 Å². The summed E-state index contributed by atoms with van der Waals surface area (Å²) in [4.78, 5) is 29.6. The van der Waals surface area contributed by atoms with Gasteiger partial charge in [0, 0.05) is 39.6 Å². The van der Waals surface area contributed by atoms with E-state index in [1.54, 1.807) is 18.6 Å². The second kappa shape index (κ2) is 7.92. The monoisotopic (exact) mass is 340 g/mol. The van der Waals surface area contributed by atoms with Crippen LogP contribution in [0, 0.1) is 5.92 Å².